The maximum Gasteiger partial charge on any atom is 0.259 e. The van der Waals surface area contributed by atoms with E-state index in [9.17, 15) is 0 Å². The van der Waals surface area contributed by atoms with Gasteiger partial charge in [-0.1, -0.05) is 0 Å². The van der Waals surface area contributed by atoms with E-state index < -0.39 is 0 Å². The fourth-order valence-corrected chi connectivity index (χ4v) is 1.03. The van der Waals surface area contributed by atoms with Gasteiger partial charge in [0.1, 0.15) is 6.33 Å². The summed E-state index contributed by atoms with van der Waals surface area (Å²) in [6.45, 7) is 0. The first kappa shape index (κ1) is 8.27. The summed E-state index contributed by atoms with van der Waals surface area (Å²) >= 11 is 11.1. The summed E-state index contributed by atoms with van der Waals surface area (Å²) in [6, 6.07) is 0. The lowest BCUT2D eigenvalue weighted by atomic mass is 10.9. The van der Waals surface area contributed by atoms with E-state index in [4.69, 9.17) is 23.2 Å². The Morgan fingerprint density at radius 1 is 1.08 bits per heavy atom. The quantitative estimate of drug-likeness (QED) is 0.677. The van der Waals surface area contributed by atoms with E-state index in [1.54, 1.807) is 0 Å². The summed E-state index contributed by atoms with van der Waals surface area (Å²) in [6.07, 6.45) is 1.32. The maximum atomic E-state index is 5.54. The molecule has 0 saturated carbocycles. The molecule has 0 aliphatic rings. The minimum absolute atomic E-state index is 0.00880. The second-order valence-electron chi connectivity index (χ2n) is 1.93. The van der Waals surface area contributed by atoms with Crippen LogP contribution in [0.1, 0.15) is 0 Å². The van der Waals surface area contributed by atoms with Gasteiger partial charge in [0.2, 0.25) is 10.6 Å². The molecule has 2 rings (SSSR count). The molecular weight excluding hydrogens is 217 g/mol. The van der Waals surface area contributed by atoms with Crippen molar-refractivity contribution in [2.45, 2.75) is 0 Å². The van der Waals surface area contributed by atoms with Crippen molar-refractivity contribution < 1.29 is 0 Å². The van der Waals surface area contributed by atoms with Crippen LogP contribution in [0.2, 0.25) is 10.6 Å². The first-order chi connectivity index (χ1) is 6.25. The molecule has 9 heteroatoms. The molecule has 0 aliphatic heterocycles. The molecule has 0 amide bonds. The molecule has 66 valence electrons. The second-order valence-corrected chi connectivity index (χ2v) is 2.60. The highest BCUT2D eigenvalue weighted by Crippen LogP contribution is 2.07. The number of nitrogens with zero attached hydrogens (tertiary/aromatic N) is 7. The Kier molecular flexibility index (Phi) is 2.03. The van der Waals surface area contributed by atoms with Gasteiger partial charge in [0, 0.05) is 0 Å². The molecule has 0 atom stereocenters. The summed E-state index contributed by atoms with van der Waals surface area (Å²) in [4.78, 5) is 11.1. The molecule has 0 N–H and O–H groups in total. The SMILES string of the molecule is Clc1nc(Cl)nc(-n2cnnn2)n1. The number of hydrogen-bond acceptors (Lipinski definition) is 6. The van der Waals surface area contributed by atoms with E-state index in [0.29, 0.717) is 0 Å². The standard InChI is InChI=1S/C4HCl2N7/c5-2-8-3(6)10-4(9-2)13-1-7-11-12-13/h1H. The predicted molar refractivity (Wildman–Crippen MR) is 42.6 cm³/mol. The number of tetrazole rings is 1. The van der Waals surface area contributed by atoms with Crippen LogP contribution >= 0.6 is 23.2 Å². The van der Waals surface area contributed by atoms with Gasteiger partial charge in [-0.05, 0) is 33.6 Å². The average Bonchev–Trinajstić information content (AvgIpc) is 2.53. The van der Waals surface area contributed by atoms with Gasteiger partial charge in [-0.2, -0.15) is 19.6 Å². The minimum Gasteiger partial charge on any atom is -0.187 e. The highest BCUT2D eigenvalue weighted by atomic mass is 35.5. The highest BCUT2D eigenvalue weighted by Gasteiger charge is 2.05. The van der Waals surface area contributed by atoms with Gasteiger partial charge in [0.25, 0.3) is 5.95 Å². The lowest BCUT2D eigenvalue weighted by molar-refractivity contribution is 0.741. The first-order valence-corrected chi connectivity index (χ1v) is 3.82. The molecule has 13 heavy (non-hydrogen) atoms. The third-order valence-corrected chi connectivity index (χ3v) is 1.46. The largest absolute Gasteiger partial charge is 0.259 e. The van der Waals surface area contributed by atoms with Crippen LogP contribution in [0.5, 0.6) is 0 Å². The Morgan fingerprint density at radius 2 is 1.77 bits per heavy atom. The average molecular weight is 218 g/mol. The Balaban J connectivity index is 2.53. The van der Waals surface area contributed by atoms with Crippen molar-refractivity contribution in [1.29, 1.82) is 0 Å². The zero-order chi connectivity index (χ0) is 9.26. The van der Waals surface area contributed by atoms with E-state index in [1.165, 1.54) is 11.0 Å². The van der Waals surface area contributed by atoms with Gasteiger partial charge >= 0.3 is 0 Å². The van der Waals surface area contributed by atoms with E-state index in [1.807, 2.05) is 0 Å². The van der Waals surface area contributed by atoms with Gasteiger partial charge in [-0.15, -0.1) is 5.10 Å². The Labute approximate surface area is 81.7 Å². The molecule has 2 aromatic heterocycles. The van der Waals surface area contributed by atoms with Crippen LogP contribution in [0.3, 0.4) is 0 Å². The van der Waals surface area contributed by atoms with E-state index in [-0.39, 0.29) is 16.5 Å². The van der Waals surface area contributed by atoms with Crippen LogP contribution in [-0.4, -0.2) is 35.2 Å². The Bertz CT molecular complexity index is 392. The molecule has 0 aromatic carbocycles. The van der Waals surface area contributed by atoms with Crippen molar-refractivity contribution in [1.82, 2.24) is 35.2 Å². The number of halogens is 2. The van der Waals surface area contributed by atoms with Crippen LogP contribution in [-0.2, 0) is 0 Å². The highest BCUT2D eigenvalue weighted by molar-refractivity contribution is 6.31. The van der Waals surface area contributed by atoms with Crippen molar-refractivity contribution in [3.63, 3.8) is 0 Å². The van der Waals surface area contributed by atoms with Gasteiger partial charge < -0.3 is 0 Å². The van der Waals surface area contributed by atoms with Crippen molar-refractivity contribution in [2.24, 2.45) is 0 Å². The van der Waals surface area contributed by atoms with Crippen molar-refractivity contribution in [3.8, 4) is 5.95 Å². The molecule has 7 nitrogen and oxygen atoms in total. The summed E-state index contributed by atoms with van der Waals surface area (Å²) < 4.78 is 1.22. The number of hydrogen-bond donors (Lipinski definition) is 0. The second kappa shape index (κ2) is 3.19. The Hall–Kier alpha value is -1.34. The predicted octanol–water partition coefficient (Wildman–Crippen LogP) is 0.154. The lowest BCUT2D eigenvalue weighted by Gasteiger charge is -1.96. The fourth-order valence-electron chi connectivity index (χ4n) is 0.672. The van der Waals surface area contributed by atoms with Gasteiger partial charge in [-0.3, -0.25) is 0 Å². The smallest absolute Gasteiger partial charge is 0.187 e. The minimum atomic E-state index is -0.00880. The third kappa shape index (κ3) is 1.70. The lowest BCUT2D eigenvalue weighted by Crippen LogP contribution is -2.03. The van der Waals surface area contributed by atoms with Gasteiger partial charge in [-0.25, -0.2) is 0 Å². The van der Waals surface area contributed by atoms with Crippen LogP contribution < -0.4 is 0 Å². The van der Waals surface area contributed by atoms with Gasteiger partial charge in [0.05, 0.1) is 0 Å². The van der Waals surface area contributed by atoms with Crippen LogP contribution in [0.15, 0.2) is 6.33 Å². The Morgan fingerprint density at radius 3 is 2.31 bits per heavy atom. The third-order valence-electron chi connectivity index (χ3n) is 1.12. The monoisotopic (exact) mass is 217 g/mol. The molecule has 0 aliphatic carbocycles. The van der Waals surface area contributed by atoms with E-state index in [0.717, 1.165) is 0 Å². The summed E-state index contributed by atoms with van der Waals surface area (Å²) in [7, 11) is 0. The van der Waals surface area contributed by atoms with Crippen molar-refractivity contribution >= 4 is 23.2 Å². The molecule has 2 aromatic rings. The van der Waals surface area contributed by atoms with Crippen molar-refractivity contribution in [3.05, 3.63) is 16.9 Å². The molecule has 0 spiro atoms. The van der Waals surface area contributed by atoms with E-state index in [2.05, 4.69) is 30.5 Å². The summed E-state index contributed by atoms with van der Waals surface area (Å²) in [5.41, 5.74) is 0. The molecule has 0 bridgehead atoms. The topological polar surface area (TPSA) is 82.3 Å². The summed E-state index contributed by atoms with van der Waals surface area (Å²) in [5.74, 6) is 0.176. The number of aromatic nitrogens is 7. The summed E-state index contributed by atoms with van der Waals surface area (Å²) in [5, 5.41) is 10.3. The molecular formula is C4HCl2N7. The van der Waals surface area contributed by atoms with Crippen LogP contribution in [0, 0.1) is 0 Å². The molecule has 0 saturated heterocycles. The van der Waals surface area contributed by atoms with Gasteiger partial charge in [0.15, 0.2) is 0 Å². The van der Waals surface area contributed by atoms with E-state index >= 15 is 0 Å². The zero-order valence-corrected chi connectivity index (χ0v) is 7.48. The van der Waals surface area contributed by atoms with Crippen molar-refractivity contribution in [2.75, 3.05) is 0 Å². The normalized spacial score (nSPS) is 10.3. The number of rotatable bonds is 1. The first-order valence-electron chi connectivity index (χ1n) is 3.06. The van der Waals surface area contributed by atoms with Crippen LogP contribution in [0.4, 0.5) is 0 Å². The molecule has 0 fully saturated rings. The molecule has 2 heterocycles. The molecule has 0 radical (unpaired) electrons. The van der Waals surface area contributed by atoms with Crippen LogP contribution in [0.25, 0.3) is 5.95 Å². The zero-order valence-electron chi connectivity index (χ0n) is 5.96. The molecule has 0 unspecified atom stereocenters. The maximum absolute atomic E-state index is 5.54. The fraction of sp³-hybridized carbons (Fsp3) is 0.